The lowest BCUT2D eigenvalue weighted by Gasteiger charge is -2.24. The summed E-state index contributed by atoms with van der Waals surface area (Å²) < 4.78 is 37.6. The van der Waals surface area contributed by atoms with Gasteiger partial charge in [0, 0.05) is 25.7 Å². The first-order valence-electron chi connectivity index (χ1n) is 10.7. The number of hydrogen-bond donors (Lipinski definition) is 2. The molecule has 2 aromatic carbocycles. The summed E-state index contributed by atoms with van der Waals surface area (Å²) in [6.45, 7) is 0.739. The molecule has 10 heteroatoms. The van der Waals surface area contributed by atoms with Crippen LogP contribution in [0.4, 0.5) is 0 Å². The number of nitrogens with zero attached hydrogens (tertiary/aromatic N) is 1. The van der Waals surface area contributed by atoms with Crippen molar-refractivity contribution in [2.24, 2.45) is 0 Å². The highest BCUT2D eigenvalue weighted by Gasteiger charge is 2.35. The zero-order valence-electron chi connectivity index (χ0n) is 18.7. The molecule has 2 aromatic rings. The fraction of sp³-hybridized carbons (Fsp3) is 0.391. The molecule has 0 radical (unpaired) electrons. The number of methoxy groups -OCH3 is 2. The van der Waals surface area contributed by atoms with E-state index in [2.05, 4.69) is 10.6 Å². The molecule has 1 atom stereocenters. The average molecular weight is 476 g/mol. The second-order valence-electron chi connectivity index (χ2n) is 7.65. The summed E-state index contributed by atoms with van der Waals surface area (Å²) in [7, 11) is -0.612. The summed E-state index contributed by atoms with van der Waals surface area (Å²) in [4.78, 5) is 24.5. The molecule has 0 spiro atoms. The van der Waals surface area contributed by atoms with Gasteiger partial charge in [-0.2, -0.15) is 4.31 Å². The minimum Gasteiger partial charge on any atom is -0.497 e. The van der Waals surface area contributed by atoms with Crippen LogP contribution in [0.3, 0.4) is 0 Å². The van der Waals surface area contributed by atoms with Crippen LogP contribution in [0.15, 0.2) is 53.4 Å². The van der Waals surface area contributed by atoms with Crippen LogP contribution in [0, 0.1) is 0 Å². The van der Waals surface area contributed by atoms with Crippen molar-refractivity contribution in [3.8, 4) is 11.5 Å². The molecule has 9 nitrogen and oxygen atoms in total. The molecule has 0 saturated carbocycles. The van der Waals surface area contributed by atoms with Crippen molar-refractivity contribution in [2.75, 3.05) is 33.9 Å². The number of nitrogens with one attached hydrogen (secondary N) is 2. The van der Waals surface area contributed by atoms with E-state index < -0.39 is 27.9 Å². The van der Waals surface area contributed by atoms with Crippen LogP contribution >= 0.6 is 0 Å². The number of rotatable bonds is 9. The van der Waals surface area contributed by atoms with E-state index in [-0.39, 0.29) is 11.4 Å². The summed E-state index contributed by atoms with van der Waals surface area (Å²) in [6, 6.07) is 13.2. The van der Waals surface area contributed by atoms with Gasteiger partial charge in [0.1, 0.15) is 11.5 Å². The molecule has 3 rings (SSSR count). The maximum atomic E-state index is 13.0. The van der Waals surface area contributed by atoms with Crippen LogP contribution in [-0.4, -0.2) is 64.4 Å². The maximum absolute atomic E-state index is 13.0. The largest absolute Gasteiger partial charge is 0.497 e. The van der Waals surface area contributed by atoms with Crippen molar-refractivity contribution in [1.29, 1.82) is 0 Å². The minimum atomic E-state index is -3.71. The van der Waals surface area contributed by atoms with Gasteiger partial charge in [0.25, 0.3) is 0 Å². The summed E-state index contributed by atoms with van der Waals surface area (Å²) in [5.41, 5.74) is 1.00. The first-order chi connectivity index (χ1) is 15.8. The molecular weight excluding hydrogens is 446 g/mol. The fourth-order valence-electron chi connectivity index (χ4n) is 3.70. The van der Waals surface area contributed by atoms with Crippen LogP contribution in [0.5, 0.6) is 11.5 Å². The highest BCUT2D eigenvalue weighted by Crippen LogP contribution is 2.26. The van der Waals surface area contributed by atoms with E-state index in [1.54, 1.807) is 19.2 Å². The molecule has 0 unspecified atom stereocenters. The number of carbonyl (C=O) groups excluding carboxylic acids is 2. The molecule has 2 N–H and O–H groups in total. The van der Waals surface area contributed by atoms with Gasteiger partial charge in [-0.25, -0.2) is 8.42 Å². The van der Waals surface area contributed by atoms with Crippen LogP contribution in [0.25, 0.3) is 0 Å². The lowest BCUT2D eigenvalue weighted by Crippen LogP contribution is -2.47. The number of amides is 2. The Kier molecular flexibility index (Phi) is 8.29. The molecular formula is C23H29N3O6S. The predicted octanol–water partition coefficient (Wildman–Crippen LogP) is 1.33. The molecule has 1 aliphatic rings. The Hall–Kier alpha value is -3.11. The Morgan fingerprint density at radius 3 is 2.12 bits per heavy atom. The predicted molar refractivity (Wildman–Crippen MR) is 123 cm³/mol. The van der Waals surface area contributed by atoms with E-state index in [0.717, 1.165) is 11.3 Å². The molecule has 0 aromatic heterocycles. The molecule has 33 heavy (non-hydrogen) atoms. The molecule has 178 valence electrons. The minimum absolute atomic E-state index is 0.0696. The topological polar surface area (TPSA) is 114 Å². The number of carbonyl (C=O) groups is 2. The average Bonchev–Trinajstić information content (AvgIpc) is 3.32. The van der Waals surface area contributed by atoms with Crippen LogP contribution < -0.4 is 20.1 Å². The second-order valence-corrected chi connectivity index (χ2v) is 9.54. The lowest BCUT2D eigenvalue weighted by atomic mass is 10.1. The van der Waals surface area contributed by atoms with Gasteiger partial charge in [-0.3, -0.25) is 9.59 Å². The van der Waals surface area contributed by atoms with Crippen LogP contribution in [0.2, 0.25) is 0 Å². The standard InChI is InChI=1S/C23H29N3O6S/c1-31-19-7-5-17(6-8-19)13-14-24-22(27)23(28)25-16-18-4-3-15-26(18)33(29,30)21-11-9-20(32-2)10-12-21/h5-12,18H,3-4,13-16H2,1-2H3,(H,24,27)(H,25,28)/t18-/m0/s1. The fourth-order valence-corrected chi connectivity index (χ4v) is 5.39. The van der Waals surface area contributed by atoms with Gasteiger partial charge in [0.15, 0.2) is 0 Å². The van der Waals surface area contributed by atoms with Crippen molar-refractivity contribution in [2.45, 2.75) is 30.2 Å². The van der Waals surface area contributed by atoms with E-state index in [1.807, 2.05) is 24.3 Å². The smallest absolute Gasteiger partial charge is 0.309 e. The Labute approximate surface area is 194 Å². The Bertz CT molecular complexity index is 1050. The number of benzene rings is 2. The molecule has 1 fully saturated rings. The van der Waals surface area contributed by atoms with Crippen LogP contribution in [-0.2, 0) is 26.0 Å². The third-order valence-corrected chi connectivity index (χ3v) is 7.52. The maximum Gasteiger partial charge on any atom is 0.309 e. The summed E-state index contributed by atoms with van der Waals surface area (Å²) in [6.07, 6.45) is 1.86. The first-order valence-corrected chi connectivity index (χ1v) is 12.1. The van der Waals surface area contributed by atoms with Gasteiger partial charge in [-0.1, -0.05) is 12.1 Å². The molecule has 1 heterocycles. The molecule has 2 amide bonds. The third-order valence-electron chi connectivity index (χ3n) is 5.55. The summed E-state index contributed by atoms with van der Waals surface area (Å²) in [5, 5.41) is 5.15. The van der Waals surface area contributed by atoms with Gasteiger partial charge < -0.3 is 20.1 Å². The molecule has 1 aliphatic heterocycles. The molecule has 0 bridgehead atoms. The van der Waals surface area contributed by atoms with Crippen molar-refractivity contribution in [3.05, 3.63) is 54.1 Å². The van der Waals surface area contributed by atoms with Gasteiger partial charge in [0.05, 0.1) is 19.1 Å². The number of hydrogen-bond acceptors (Lipinski definition) is 6. The third kappa shape index (κ3) is 6.23. The van der Waals surface area contributed by atoms with E-state index >= 15 is 0 Å². The van der Waals surface area contributed by atoms with Crippen molar-refractivity contribution >= 4 is 21.8 Å². The molecule has 0 aliphatic carbocycles. The van der Waals surface area contributed by atoms with Crippen LogP contribution in [0.1, 0.15) is 18.4 Å². The number of sulfonamides is 1. The zero-order chi connectivity index (χ0) is 23.8. The quantitative estimate of drug-likeness (QED) is 0.529. The summed E-state index contributed by atoms with van der Waals surface area (Å²) >= 11 is 0. The van der Waals surface area contributed by atoms with Crippen molar-refractivity contribution in [3.63, 3.8) is 0 Å². The van der Waals surface area contributed by atoms with Gasteiger partial charge in [-0.05, 0) is 61.2 Å². The Morgan fingerprint density at radius 1 is 0.939 bits per heavy atom. The highest BCUT2D eigenvalue weighted by atomic mass is 32.2. The van der Waals surface area contributed by atoms with Gasteiger partial charge >= 0.3 is 11.8 Å². The van der Waals surface area contributed by atoms with Crippen molar-refractivity contribution in [1.82, 2.24) is 14.9 Å². The lowest BCUT2D eigenvalue weighted by molar-refractivity contribution is -0.139. The Morgan fingerprint density at radius 2 is 1.52 bits per heavy atom. The van der Waals surface area contributed by atoms with Gasteiger partial charge in [-0.15, -0.1) is 0 Å². The normalized spacial score (nSPS) is 16.2. The number of ether oxygens (including phenoxy) is 2. The zero-order valence-corrected chi connectivity index (χ0v) is 19.6. The second kappa shape index (κ2) is 11.2. The van der Waals surface area contributed by atoms with E-state index in [0.29, 0.717) is 38.1 Å². The highest BCUT2D eigenvalue weighted by molar-refractivity contribution is 7.89. The summed E-state index contributed by atoms with van der Waals surface area (Å²) in [5.74, 6) is -0.209. The van der Waals surface area contributed by atoms with E-state index in [1.165, 1.54) is 23.5 Å². The monoisotopic (exact) mass is 475 g/mol. The van der Waals surface area contributed by atoms with E-state index in [9.17, 15) is 18.0 Å². The van der Waals surface area contributed by atoms with Gasteiger partial charge in [0.2, 0.25) is 10.0 Å². The van der Waals surface area contributed by atoms with E-state index in [4.69, 9.17) is 9.47 Å². The SMILES string of the molecule is COc1ccc(CCNC(=O)C(=O)NC[C@@H]2CCCN2S(=O)(=O)c2ccc(OC)cc2)cc1. The van der Waals surface area contributed by atoms with Crippen molar-refractivity contribution < 1.29 is 27.5 Å². The molecule has 1 saturated heterocycles. The first kappa shape index (κ1) is 24.5. The Balaban J connectivity index is 1.49.